The van der Waals surface area contributed by atoms with Gasteiger partial charge in [0, 0.05) is 16.8 Å². The van der Waals surface area contributed by atoms with Crippen molar-refractivity contribution in [1.82, 2.24) is 14.8 Å². The summed E-state index contributed by atoms with van der Waals surface area (Å²) in [5.74, 6) is 0.762. The summed E-state index contributed by atoms with van der Waals surface area (Å²) in [5, 5.41) is 8.03. The van der Waals surface area contributed by atoms with E-state index in [-0.39, 0.29) is 11.5 Å². The van der Waals surface area contributed by atoms with E-state index in [1.165, 1.54) is 12.1 Å². The van der Waals surface area contributed by atoms with Gasteiger partial charge in [0.15, 0.2) is 11.5 Å². The molecule has 0 fully saturated rings. The van der Waals surface area contributed by atoms with Crippen molar-refractivity contribution < 1.29 is 9.13 Å². The van der Waals surface area contributed by atoms with Gasteiger partial charge in [0.1, 0.15) is 17.7 Å². The molecule has 0 spiro atoms. The van der Waals surface area contributed by atoms with Crippen LogP contribution in [0.25, 0.3) is 22.6 Å². The van der Waals surface area contributed by atoms with Crippen LogP contribution in [-0.2, 0) is 0 Å². The van der Waals surface area contributed by atoms with E-state index in [9.17, 15) is 9.18 Å². The lowest BCUT2D eigenvalue weighted by Gasteiger charge is -2.30. The highest BCUT2D eigenvalue weighted by atomic mass is 19.1. The second-order valence-electron chi connectivity index (χ2n) is 6.91. The molecule has 0 radical (unpaired) electrons. The Morgan fingerprint density at radius 1 is 1.03 bits per heavy atom. The first-order chi connectivity index (χ1) is 14.6. The van der Waals surface area contributed by atoms with Gasteiger partial charge in [0.05, 0.1) is 7.11 Å². The average Bonchev–Trinajstić information content (AvgIpc) is 2.78. The van der Waals surface area contributed by atoms with Crippen LogP contribution in [0.4, 0.5) is 10.1 Å². The number of nitrogens with one attached hydrogen (secondary N) is 1. The van der Waals surface area contributed by atoms with Crippen molar-refractivity contribution in [3.63, 3.8) is 0 Å². The normalized spacial score (nSPS) is 14.4. The summed E-state index contributed by atoms with van der Waals surface area (Å²) in [6, 6.07) is 20.9. The zero-order valence-electron chi connectivity index (χ0n) is 16.0. The Balaban J connectivity index is 1.73. The molecule has 1 N–H and O–H groups in total. The standard InChI is InChI=1S/C23H17FN4O2/c1-30-17-11-9-14(10-12-17)20-23(29)26-22-18-7-2-3-8-19(18)25-21(28(22)27-20)15-5-4-6-16(24)13-15/h2-13,21,25H,1H3/t21-/m0/s1. The highest BCUT2D eigenvalue weighted by Gasteiger charge is 2.28. The second kappa shape index (κ2) is 7.11. The highest BCUT2D eigenvalue weighted by Crippen LogP contribution is 2.36. The molecule has 7 heteroatoms. The number of aromatic nitrogens is 3. The maximum atomic E-state index is 13.9. The number of benzene rings is 3. The van der Waals surface area contributed by atoms with Crippen molar-refractivity contribution in [3.05, 3.63) is 94.5 Å². The van der Waals surface area contributed by atoms with Gasteiger partial charge in [-0.15, -0.1) is 0 Å². The van der Waals surface area contributed by atoms with Crippen LogP contribution in [0.2, 0.25) is 0 Å². The minimum absolute atomic E-state index is 0.212. The second-order valence-corrected chi connectivity index (χ2v) is 6.91. The average molecular weight is 400 g/mol. The molecular weight excluding hydrogens is 383 g/mol. The van der Waals surface area contributed by atoms with Crippen LogP contribution in [0.15, 0.2) is 77.6 Å². The number of methoxy groups -OCH3 is 1. The zero-order chi connectivity index (χ0) is 20.7. The molecule has 0 aliphatic carbocycles. The van der Waals surface area contributed by atoms with E-state index in [2.05, 4.69) is 15.4 Å². The molecule has 4 aromatic rings. The summed E-state index contributed by atoms with van der Waals surface area (Å²) in [6.07, 6.45) is -0.518. The molecule has 30 heavy (non-hydrogen) atoms. The monoisotopic (exact) mass is 400 g/mol. The largest absolute Gasteiger partial charge is 0.497 e. The maximum absolute atomic E-state index is 13.9. The van der Waals surface area contributed by atoms with Crippen molar-refractivity contribution in [2.45, 2.75) is 6.17 Å². The number of anilines is 1. The highest BCUT2D eigenvalue weighted by molar-refractivity contribution is 5.76. The summed E-state index contributed by atoms with van der Waals surface area (Å²) in [5.41, 5.74) is 2.64. The molecule has 0 amide bonds. The first-order valence-electron chi connectivity index (χ1n) is 9.41. The topological polar surface area (TPSA) is 69.0 Å². The van der Waals surface area contributed by atoms with Crippen molar-refractivity contribution in [2.24, 2.45) is 0 Å². The minimum Gasteiger partial charge on any atom is -0.497 e. The van der Waals surface area contributed by atoms with E-state index in [0.717, 1.165) is 11.3 Å². The van der Waals surface area contributed by atoms with Gasteiger partial charge < -0.3 is 10.1 Å². The summed E-state index contributed by atoms with van der Waals surface area (Å²) < 4.78 is 20.8. The molecule has 0 saturated heterocycles. The number of para-hydroxylation sites is 1. The smallest absolute Gasteiger partial charge is 0.300 e. The van der Waals surface area contributed by atoms with Crippen LogP contribution >= 0.6 is 0 Å². The molecule has 5 rings (SSSR count). The third kappa shape index (κ3) is 3.00. The third-order valence-corrected chi connectivity index (χ3v) is 5.07. The van der Waals surface area contributed by atoms with E-state index in [0.29, 0.717) is 22.7 Å². The van der Waals surface area contributed by atoms with Crippen molar-refractivity contribution in [3.8, 4) is 28.4 Å². The third-order valence-electron chi connectivity index (χ3n) is 5.07. The Kier molecular flexibility index (Phi) is 4.28. The minimum atomic E-state index is -0.518. The van der Waals surface area contributed by atoms with Gasteiger partial charge in [-0.05, 0) is 54.1 Å². The van der Waals surface area contributed by atoms with Gasteiger partial charge in [-0.25, -0.2) is 9.07 Å². The Morgan fingerprint density at radius 2 is 1.83 bits per heavy atom. The van der Waals surface area contributed by atoms with Crippen molar-refractivity contribution >= 4 is 5.69 Å². The van der Waals surface area contributed by atoms with Crippen molar-refractivity contribution in [2.75, 3.05) is 12.4 Å². The molecule has 148 valence electrons. The summed E-state index contributed by atoms with van der Waals surface area (Å²) in [6.45, 7) is 0. The molecule has 6 nitrogen and oxygen atoms in total. The fourth-order valence-electron chi connectivity index (χ4n) is 3.61. The lowest BCUT2D eigenvalue weighted by molar-refractivity contribution is 0.415. The molecule has 1 atom stereocenters. The summed E-state index contributed by atoms with van der Waals surface area (Å²) in [7, 11) is 1.58. The summed E-state index contributed by atoms with van der Waals surface area (Å²) in [4.78, 5) is 17.2. The number of ether oxygens (including phenoxy) is 1. The number of halogens is 1. The van der Waals surface area contributed by atoms with E-state index in [4.69, 9.17) is 4.74 Å². The van der Waals surface area contributed by atoms with Gasteiger partial charge in [-0.1, -0.05) is 24.3 Å². The first-order valence-corrected chi connectivity index (χ1v) is 9.41. The van der Waals surface area contributed by atoms with Crippen LogP contribution < -0.4 is 15.6 Å². The van der Waals surface area contributed by atoms with Crippen LogP contribution in [0.5, 0.6) is 5.75 Å². The van der Waals surface area contributed by atoms with Gasteiger partial charge in [-0.3, -0.25) is 4.79 Å². The Hall–Kier alpha value is -4.00. The number of nitrogens with zero attached hydrogens (tertiary/aromatic N) is 3. The van der Waals surface area contributed by atoms with Gasteiger partial charge in [-0.2, -0.15) is 10.1 Å². The van der Waals surface area contributed by atoms with Gasteiger partial charge in [0.2, 0.25) is 0 Å². The molecule has 3 aromatic carbocycles. The SMILES string of the molecule is COc1ccc(-c2nn3c(nc2=O)-c2ccccc2N[C@@H]3c2cccc(F)c2)cc1. The number of hydrogen-bond donors (Lipinski definition) is 1. The van der Waals surface area contributed by atoms with E-state index in [1.54, 1.807) is 42.1 Å². The molecule has 1 aromatic heterocycles. The molecular formula is C23H17FN4O2. The van der Waals surface area contributed by atoms with E-state index in [1.807, 2.05) is 30.3 Å². The fraction of sp³-hybridized carbons (Fsp3) is 0.0870. The lowest BCUT2D eigenvalue weighted by Crippen LogP contribution is -2.32. The van der Waals surface area contributed by atoms with Gasteiger partial charge in [0.25, 0.3) is 5.56 Å². The molecule has 1 aliphatic rings. The zero-order valence-corrected chi connectivity index (χ0v) is 16.0. The van der Waals surface area contributed by atoms with E-state index < -0.39 is 11.7 Å². The molecule has 0 saturated carbocycles. The quantitative estimate of drug-likeness (QED) is 0.561. The lowest BCUT2D eigenvalue weighted by atomic mass is 10.1. The molecule has 2 heterocycles. The van der Waals surface area contributed by atoms with E-state index >= 15 is 0 Å². The van der Waals surface area contributed by atoms with Gasteiger partial charge >= 0.3 is 0 Å². The van der Waals surface area contributed by atoms with Crippen molar-refractivity contribution in [1.29, 1.82) is 0 Å². The molecule has 0 unspecified atom stereocenters. The Labute approximate surface area is 171 Å². The predicted octanol–water partition coefficient (Wildman–Crippen LogP) is 4.09. The molecule has 0 bridgehead atoms. The predicted molar refractivity (Wildman–Crippen MR) is 112 cm³/mol. The fourth-order valence-corrected chi connectivity index (χ4v) is 3.61. The number of fused-ring (bicyclic) bond motifs is 3. The van der Waals surface area contributed by atoms with Crippen LogP contribution in [-0.4, -0.2) is 21.9 Å². The van der Waals surface area contributed by atoms with Crippen LogP contribution in [0.3, 0.4) is 0 Å². The number of rotatable bonds is 3. The molecule has 1 aliphatic heterocycles. The first kappa shape index (κ1) is 18.1. The maximum Gasteiger partial charge on any atom is 0.300 e. The Morgan fingerprint density at radius 3 is 2.60 bits per heavy atom. The number of hydrogen-bond acceptors (Lipinski definition) is 5. The Bertz CT molecular complexity index is 1300. The summed E-state index contributed by atoms with van der Waals surface area (Å²) >= 11 is 0. The van der Waals surface area contributed by atoms with Crippen LogP contribution in [0.1, 0.15) is 11.7 Å². The van der Waals surface area contributed by atoms with Crippen LogP contribution in [0, 0.1) is 5.82 Å².